The Bertz CT molecular complexity index is 739. The van der Waals surface area contributed by atoms with E-state index in [1.165, 1.54) is 0 Å². The van der Waals surface area contributed by atoms with Crippen LogP contribution >= 0.6 is 0 Å². The van der Waals surface area contributed by atoms with E-state index in [0.29, 0.717) is 5.56 Å². The van der Waals surface area contributed by atoms with Crippen molar-refractivity contribution in [1.82, 2.24) is 10.2 Å². The second-order valence-electron chi connectivity index (χ2n) is 4.44. The minimum atomic E-state index is 0.653. The van der Waals surface area contributed by atoms with Gasteiger partial charge in [0.05, 0.1) is 11.9 Å². The third-order valence-corrected chi connectivity index (χ3v) is 3.08. The second kappa shape index (κ2) is 5.45. The maximum atomic E-state index is 10.9. The van der Waals surface area contributed by atoms with Crippen LogP contribution in [0.1, 0.15) is 10.4 Å². The van der Waals surface area contributed by atoms with E-state index in [1.807, 2.05) is 54.6 Å². The Labute approximate surface area is 116 Å². The highest BCUT2D eigenvalue weighted by molar-refractivity contribution is 5.79. The van der Waals surface area contributed by atoms with Crippen LogP contribution in [0.25, 0.3) is 22.4 Å². The molecule has 0 aliphatic rings. The van der Waals surface area contributed by atoms with Gasteiger partial charge in [-0.2, -0.15) is 10.2 Å². The van der Waals surface area contributed by atoms with Crippen LogP contribution in [-0.4, -0.2) is 16.5 Å². The molecule has 0 spiro atoms. The highest BCUT2D eigenvalue weighted by Crippen LogP contribution is 2.23. The molecular formula is C17H12N2O. The molecule has 3 nitrogen and oxygen atoms in total. The summed E-state index contributed by atoms with van der Waals surface area (Å²) in [6.07, 6.45) is 2.55. The van der Waals surface area contributed by atoms with Gasteiger partial charge in [-0.15, -0.1) is 0 Å². The molecule has 0 aliphatic carbocycles. The maximum Gasteiger partial charge on any atom is 0.150 e. The lowest BCUT2D eigenvalue weighted by Gasteiger charge is -2.04. The summed E-state index contributed by atoms with van der Waals surface area (Å²) in [6, 6.07) is 19.3. The molecule has 0 radical (unpaired) electrons. The number of hydrogen-bond donors (Lipinski definition) is 0. The molecule has 0 fully saturated rings. The number of hydrogen-bond acceptors (Lipinski definition) is 3. The Morgan fingerprint density at radius 1 is 0.800 bits per heavy atom. The van der Waals surface area contributed by atoms with Gasteiger partial charge in [0.15, 0.2) is 0 Å². The van der Waals surface area contributed by atoms with Crippen LogP contribution < -0.4 is 0 Å². The quantitative estimate of drug-likeness (QED) is 0.675. The van der Waals surface area contributed by atoms with E-state index < -0.39 is 0 Å². The van der Waals surface area contributed by atoms with Crippen molar-refractivity contribution in [3.05, 3.63) is 72.4 Å². The van der Waals surface area contributed by atoms with Crippen molar-refractivity contribution < 1.29 is 4.79 Å². The van der Waals surface area contributed by atoms with Crippen molar-refractivity contribution in [3.8, 4) is 22.4 Å². The van der Waals surface area contributed by atoms with Gasteiger partial charge >= 0.3 is 0 Å². The van der Waals surface area contributed by atoms with Gasteiger partial charge in [-0.3, -0.25) is 4.79 Å². The standard InChI is InChI=1S/C17H12N2O/c20-12-13-5-4-8-15(9-13)16-10-17(19-18-11-16)14-6-2-1-3-7-14/h1-12H. The fourth-order valence-corrected chi connectivity index (χ4v) is 2.07. The Balaban J connectivity index is 2.05. The van der Waals surface area contributed by atoms with Crippen LogP contribution in [0.3, 0.4) is 0 Å². The zero-order valence-corrected chi connectivity index (χ0v) is 10.7. The van der Waals surface area contributed by atoms with Crippen molar-refractivity contribution in [3.63, 3.8) is 0 Å². The van der Waals surface area contributed by atoms with Gasteiger partial charge in [0.2, 0.25) is 0 Å². The number of rotatable bonds is 3. The van der Waals surface area contributed by atoms with Crippen molar-refractivity contribution in [1.29, 1.82) is 0 Å². The van der Waals surface area contributed by atoms with E-state index in [0.717, 1.165) is 28.7 Å². The smallest absolute Gasteiger partial charge is 0.150 e. The van der Waals surface area contributed by atoms with Crippen LogP contribution in [0.5, 0.6) is 0 Å². The number of carbonyl (C=O) groups is 1. The number of carbonyl (C=O) groups excluding carboxylic acids is 1. The van der Waals surface area contributed by atoms with E-state index in [-0.39, 0.29) is 0 Å². The molecule has 20 heavy (non-hydrogen) atoms. The number of aldehydes is 1. The van der Waals surface area contributed by atoms with Crippen LogP contribution in [0, 0.1) is 0 Å². The average Bonchev–Trinajstić information content (AvgIpc) is 2.56. The topological polar surface area (TPSA) is 42.9 Å². The molecule has 3 heteroatoms. The Hall–Kier alpha value is -2.81. The van der Waals surface area contributed by atoms with Gasteiger partial charge in [0.1, 0.15) is 6.29 Å². The maximum absolute atomic E-state index is 10.9. The summed E-state index contributed by atoms with van der Waals surface area (Å²) >= 11 is 0. The summed E-state index contributed by atoms with van der Waals surface area (Å²) in [4.78, 5) is 10.9. The van der Waals surface area contributed by atoms with Crippen LogP contribution in [0.4, 0.5) is 0 Å². The Morgan fingerprint density at radius 2 is 1.60 bits per heavy atom. The summed E-state index contributed by atoms with van der Waals surface area (Å²) in [7, 11) is 0. The van der Waals surface area contributed by atoms with Crippen LogP contribution in [0.15, 0.2) is 66.9 Å². The van der Waals surface area contributed by atoms with Crippen molar-refractivity contribution in [2.75, 3.05) is 0 Å². The van der Waals surface area contributed by atoms with E-state index in [9.17, 15) is 4.79 Å². The third-order valence-electron chi connectivity index (χ3n) is 3.08. The summed E-state index contributed by atoms with van der Waals surface area (Å²) in [5, 5.41) is 8.21. The number of nitrogens with zero attached hydrogens (tertiary/aromatic N) is 2. The lowest BCUT2D eigenvalue weighted by Crippen LogP contribution is -1.90. The Morgan fingerprint density at radius 3 is 2.40 bits per heavy atom. The number of aromatic nitrogens is 2. The minimum absolute atomic E-state index is 0.653. The van der Waals surface area contributed by atoms with Gasteiger partial charge in [-0.1, -0.05) is 48.5 Å². The molecule has 0 N–H and O–H groups in total. The normalized spacial score (nSPS) is 10.2. The first kappa shape index (κ1) is 12.2. The van der Waals surface area contributed by atoms with Crippen LogP contribution in [0.2, 0.25) is 0 Å². The van der Waals surface area contributed by atoms with E-state index >= 15 is 0 Å². The fourth-order valence-electron chi connectivity index (χ4n) is 2.07. The average molecular weight is 260 g/mol. The SMILES string of the molecule is O=Cc1cccc(-c2cnnc(-c3ccccc3)c2)c1. The molecular weight excluding hydrogens is 248 g/mol. The van der Waals surface area contributed by atoms with Crippen LogP contribution in [-0.2, 0) is 0 Å². The molecule has 0 bridgehead atoms. The summed E-state index contributed by atoms with van der Waals surface area (Å²) in [5.41, 5.74) is 4.40. The monoisotopic (exact) mass is 260 g/mol. The van der Waals surface area contributed by atoms with Gasteiger partial charge in [0.25, 0.3) is 0 Å². The molecule has 1 aromatic heterocycles. The molecule has 1 heterocycles. The molecule has 3 aromatic rings. The molecule has 0 atom stereocenters. The molecule has 0 saturated heterocycles. The van der Waals surface area contributed by atoms with Crippen molar-refractivity contribution in [2.45, 2.75) is 0 Å². The highest BCUT2D eigenvalue weighted by Gasteiger charge is 2.04. The molecule has 96 valence electrons. The molecule has 0 amide bonds. The van der Waals surface area contributed by atoms with Crippen molar-refractivity contribution in [2.24, 2.45) is 0 Å². The minimum Gasteiger partial charge on any atom is -0.298 e. The van der Waals surface area contributed by atoms with E-state index in [4.69, 9.17) is 0 Å². The zero-order chi connectivity index (χ0) is 13.8. The lowest BCUT2D eigenvalue weighted by molar-refractivity contribution is 0.112. The van der Waals surface area contributed by atoms with Gasteiger partial charge in [-0.25, -0.2) is 0 Å². The van der Waals surface area contributed by atoms with E-state index in [1.54, 1.807) is 12.3 Å². The zero-order valence-electron chi connectivity index (χ0n) is 10.7. The van der Waals surface area contributed by atoms with Gasteiger partial charge < -0.3 is 0 Å². The first-order valence-electron chi connectivity index (χ1n) is 6.30. The first-order chi connectivity index (χ1) is 9.86. The Kier molecular flexibility index (Phi) is 3.33. The molecule has 0 unspecified atom stereocenters. The second-order valence-corrected chi connectivity index (χ2v) is 4.44. The van der Waals surface area contributed by atoms with Gasteiger partial charge in [0, 0.05) is 16.7 Å². The number of benzene rings is 2. The predicted molar refractivity (Wildman–Crippen MR) is 78.3 cm³/mol. The molecule has 3 rings (SSSR count). The van der Waals surface area contributed by atoms with Crippen molar-refractivity contribution >= 4 is 6.29 Å². The largest absolute Gasteiger partial charge is 0.298 e. The lowest BCUT2D eigenvalue weighted by atomic mass is 10.0. The summed E-state index contributed by atoms with van der Waals surface area (Å²) < 4.78 is 0. The molecule has 0 saturated carbocycles. The summed E-state index contributed by atoms with van der Waals surface area (Å²) in [6.45, 7) is 0. The predicted octanol–water partition coefficient (Wildman–Crippen LogP) is 3.62. The van der Waals surface area contributed by atoms with Gasteiger partial charge in [-0.05, 0) is 17.7 Å². The first-order valence-corrected chi connectivity index (χ1v) is 6.30. The fraction of sp³-hybridized carbons (Fsp3) is 0. The molecule has 0 aliphatic heterocycles. The molecule has 2 aromatic carbocycles. The van der Waals surface area contributed by atoms with E-state index in [2.05, 4.69) is 10.2 Å². The summed E-state index contributed by atoms with van der Waals surface area (Å²) in [5.74, 6) is 0. The third kappa shape index (κ3) is 2.47. The highest BCUT2D eigenvalue weighted by atomic mass is 16.1.